The van der Waals surface area contributed by atoms with Gasteiger partial charge in [0.2, 0.25) is 11.5 Å². The monoisotopic (exact) mass is 158 g/mol. The maximum absolute atomic E-state index is 11.0. The van der Waals surface area contributed by atoms with Gasteiger partial charge in [-0.1, -0.05) is 0 Å². The maximum Gasteiger partial charge on any atom is 0.243 e. The number of ketones is 1. The first-order valence-corrected chi connectivity index (χ1v) is 3.26. The second-order valence-corrected chi connectivity index (χ2v) is 2.33. The molecule has 0 bridgehead atoms. The van der Waals surface area contributed by atoms with Gasteiger partial charge in [-0.2, -0.15) is 0 Å². The van der Waals surface area contributed by atoms with Crippen LogP contribution in [0, 0.1) is 0 Å². The molecule has 0 aromatic carbocycles. The molecular weight excluding hydrogens is 148 g/mol. The van der Waals surface area contributed by atoms with E-state index in [1.54, 1.807) is 6.92 Å². The minimum Gasteiger partial charge on any atom is -0.502 e. The number of hydrogen-bond acceptors (Lipinski definition) is 4. The van der Waals surface area contributed by atoms with Crippen LogP contribution in [0.3, 0.4) is 0 Å². The highest BCUT2D eigenvalue weighted by molar-refractivity contribution is 5.99. The van der Waals surface area contributed by atoms with Gasteiger partial charge in [-0.25, -0.2) is 0 Å². The Bertz CT molecular complexity index is 206. The average Bonchev–Trinajstić information content (AvgIpc) is 2.19. The van der Waals surface area contributed by atoms with Crippen molar-refractivity contribution in [1.82, 2.24) is 0 Å². The smallest absolute Gasteiger partial charge is 0.243 e. The van der Waals surface area contributed by atoms with Crippen LogP contribution in [0.15, 0.2) is 11.5 Å². The van der Waals surface area contributed by atoms with Gasteiger partial charge in [0.1, 0.15) is 5.76 Å². The molecule has 0 aliphatic carbocycles. The van der Waals surface area contributed by atoms with E-state index in [1.807, 2.05) is 0 Å². The Hall–Kier alpha value is -1.03. The number of methoxy groups -OCH3 is 1. The van der Waals surface area contributed by atoms with E-state index in [0.717, 1.165) is 0 Å². The second-order valence-electron chi connectivity index (χ2n) is 2.33. The summed E-state index contributed by atoms with van der Waals surface area (Å²) in [5.41, 5.74) is 0. The van der Waals surface area contributed by atoms with Gasteiger partial charge in [-0.15, -0.1) is 0 Å². The van der Waals surface area contributed by atoms with Crippen molar-refractivity contribution in [3.63, 3.8) is 0 Å². The minimum atomic E-state index is -0.653. The van der Waals surface area contributed by atoms with Crippen LogP contribution >= 0.6 is 0 Å². The van der Waals surface area contributed by atoms with Crippen LogP contribution in [0.4, 0.5) is 0 Å². The number of ether oxygens (including phenoxy) is 2. The number of rotatable bonds is 2. The van der Waals surface area contributed by atoms with Crippen LogP contribution in [0.25, 0.3) is 0 Å². The fourth-order valence-corrected chi connectivity index (χ4v) is 0.910. The third kappa shape index (κ3) is 1.35. The Balaban J connectivity index is 2.63. The molecule has 1 heterocycles. The Morgan fingerprint density at radius 2 is 2.36 bits per heavy atom. The Kier molecular flexibility index (Phi) is 2.14. The molecular formula is C7H10O4. The Labute approximate surface area is 64.4 Å². The maximum atomic E-state index is 11.0. The zero-order chi connectivity index (χ0) is 8.43. The molecule has 1 atom stereocenters. The average molecular weight is 158 g/mol. The Morgan fingerprint density at radius 3 is 2.73 bits per heavy atom. The van der Waals surface area contributed by atoms with E-state index in [9.17, 15) is 4.79 Å². The van der Waals surface area contributed by atoms with E-state index in [0.29, 0.717) is 0 Å². The van der Waals surface area contributed by atoms with Gasteiger partial charge in [-0.05, 0) is 6.92 Å². The summed E-state index contributed by atoms with van der Waals surface area (Å²) in [6, 6.07) is 0. The zero-order valence-electron chi connectivity index (χ0n) is 6.46. The quantitative estimate of drug-likeness (QED) is 0.631. The van der Waals surface area contributed by atoms with Crippen LogP contribution in [-0.2, 0) is 14.3 Å². The summed E-state index contributed by atoms with van der Waals surface area (Å²) in [6.07, 6.45) is -0.653. The molecule has 4 nitrogen and oxygen atoms in total. The second kappa shape index (κ2) is 2.92. The van der Waals surface area contributed by atoms with Crippen LogP contribution in [0.5, 0.6) is 0 Å². The first kappa shape index (κ1) is 8.07. The number of aliphatic hydroxyl groups excluding tert-OH is 1. The van der Waals surface area contributed by atoms with Crippen molar-refractivity contribution < 1.29 is 19.4 Å². The summed E-state index contributed by atoms with van der Waals surface area (Å²) in [4.78, 5) is 11.0. The molecule has 1 aliphatic rings. The van der Waals surface area contributed by atoms with Crippen molar-refractivity contribution in [2.45, 2.75) is 13.0 Å². The number of hydrogen-bond donors (Lipinski definition) is 1. The standard InChI is InChI=1S/C7H10O4/c1-4-6(8)7(9)5(11-4)3-10-2/h5,8H,3H2,1-2H3. The summed E-state index contributed by atoms with van der Waals surface area (Å²) in [5.74, 6) is -0.409. The van der Waals surface area contributed by atoms with Gasteiger partial charge in [-0.3, -0.25) is 4.79 Å². The molecule has 0 saturated carbocycles. The fraction of sp³-hybridized carbons (Fsp3) is 0.571. The fourth-order valence-electron chi connectivity index (χ4n) is 0.910. The SMILES string of the molecule is COCC1OC(C)=C(O)C1=O. The number of carbonyl (C=O) groups is 1. The third-order valence-corrected chi connectivity index (χ3v) is 1.50. The highest BCUT2D eigenvalue weighted by Gasteiger charge is 2.32. The normalized spacial score (nSPS) is 24.2. The third-order valence-electron chi connectivity index (χ3n) is 1.50. The predicted octanol–water partition coefficient (Wildman–Crippen LogP) is 0.390. The summed E-state index contributed by atoms with van der Waals surface area (Å²) in [6.45, 7) is 1.73. The number of carbonyl (C=O) groups excluding carboxylic acids is 1. The van der Waals surface area contributed by atoms with E-state index in [-0.39, 0.29) is 18.1 Å². The van der Waals surface area contributed by atoms with Gasteiger partial charge < -0.3 is 14.6 Å². The molecule has 0 saturated heterocycles. The van der Waals surface area contributed by atoms with Gasteiger partial charge in [0.15, 0.2) is 6.10 Å². The lowest BCUT2D eigenvalue weighted by atomic mass is 10.2. The van der Waals surface area contributed by atoms with Crippen molar-refractivity contribution >= 4 is 5.78 Å². The zero-order valence-corrected chi connectivity index (χ0v) is 6.46. The molecule has 1 unspecified atom stereocenters. The first-order valence-electron chi connectivity index (χ1n) is 3.26. The van der Waals surface area contributed by atoms with Crippen molar-refractivity contribution in [3.8, 4) is 0 Å². The van der Waals surface area contributed by atoms with Gasteiger partial charge in [0.25, 0.3) is 0 Å². The van der Waals surface area contributed by atoms with E-state index >= 15 is 0 Å². The molecule has 0 radical (unpaired) electrons. The van der Waals surface area contributed by atoms with Gasteiger partial charge in [0, 0.05) is 7.11 Å². The lowest BCUT2D eigenvalue weighted by Gasteiger charge is -2.06. The topological polar surface area (TPSA) is 55.8 Å². The van der Waals surface area contributed by atoms with Crippen LogP contribution in [0.1, 0.15) is 6.92 Å². The summed E-state index contributed by atoms with van der Waals surface area (Å²) in [5, 5.41) is 9.01. The van der Waals surface area contributed by atoms with Crippen molar-refractivity contribution in [2.75, 3.05) is 13.7 Å². The van der Waals surface area contributed by atoms with E-state index in [4.69, 9.17) is 14.6 Å². The van der Waals surface area contributed by atoms with E-state index in [1.165, 1.54) is 7.11 Å². The van der Waals surface area contributed by atoms with Crippen molar-refractivity contribution in [2.24, 2.45) is 0 Å². The van der Waals surface area contributed by atoms with Crippen LogP contribution in [0.2, 0.25) is 0 Å². The van der Waals surface area contributed by atoms with Crippen LogP contribution < -0.4 is 0 Å². The molecule has 0 amide bonds. The first-order chi connectivity index (χ1) is 5.16. The molecule has 11 heavy (non-hydrogen) atoms. The molecule has 0 spiro atoms. The minimum absolute atomic E-state index is 0.181. The lowest BCUT2D eigenvalue weighted by molar-refractivity contribution is -0.125. The summed E-state index contributed by atoms with van der Waals surface area (Å²) >= 11 is 0. The summed E-state index contributed by atoms with van der Waals surface area (Å²) in [7, 11) is 1.47. The number of allylic oxidation sites excluding steroid dienone is 1. The molecule has 1 N–H and O–H groups in total. The van der Waals surface area contributed by atoms with E-state index in [2.05, 4.69) is 0 Å². The number of Topliss-reactive ketones (excluding diaryl/α,β-unsaturated/α-hetero) is 1. The summed E-state index contributed by atoms with van der Waals surface area (Å²) < 4.78 is 9.69. The molecule has 0 aromatic rings. The molecule has 62 valence electrons. The highest BCUT2D eigenvalue weighted by atomic mass is 16.5. The largest absolute Gasteiger partial charge is 0.502 e. The van der Waals surface area contributed by atoms with Crippen molar-refractivity contribution in [1.29, 1.82) is 0 Å². The molecule has 1 rings (SSSR count). The molecule has 0 fully saturated rings. The molecule has 0 aromatic heterocycles. The molecule has 4 heteroatoms. The predicted molar refractivity (Wildman–Crippen MR) is 37.1 cm³/mol. The van der Waals surface area contributed by atoms with Gasteiger partial charge >= 0.3 is 0 Å². The van der Waals surface area contributed by atoms with Gasteiger partial charge in [0.05, 0.1) is 6.61 Å². The highest BCUT2D eigenvalue weighted by Crippen LogP contribution is 2.18. The van der Waals surface area contributed by atoms with Crippen LogP contribution in [-0.4, -0.2) is 30.7 Å². The van der Waals surface area contributed by atoms with Crippen molar-refractivity contribution in [3.05, 3.63) is 11.5 Å². The molecule has 1 aliphatic heterocycles. The Morgan fingerprint density at radius 1 is 1.73 bits per heavy atom. The van der Waals surface area contributed by atoms with E-state index < -0.39 is 11.9 Å². The number of aliphatic hydroxyl groups is 1. The lowest BCUT2D eigenvalue weighted by Crippen LogP contribution is -2.23.